The van der Waals surface area contributed by atoms with Crippen LogP contribution in [0.3, 0.4) is 0 Å². The van der Waals surface area contributed by atoms with Crippen molar-refractivity contribution in [1.82, 2.24) is 14.3 Å². The third-order valence-electron chi connectivity index (χ3n) is 3.22. The summed E-state index contributed by atoms with van der Waals surface area (Å²) >= 11 is 0. The van der Waals surface area contributed by atoms with E-state index < -0.39 is 10.0 Å². The van der Waals surface area contributed by atoms with Crippen LogP contribution in [0.4, 0.5) is 5.82 Å². The lowest BCUT2D eigenvalue weighted by Gasteiger charge is -2.21. The van der Waals surface area contributed by atoms with Gasteiger partial charge < -0.3 is 10.4 Å². The van der Waals surface area contributed by atoms with Gasteiger partial charge in [-0.25, -0.2) is 18.4 Å². The Kier molecular flexibility index (Phi) is 4.56. The minimum atomic E-state index is -3.25. The highest BCUT2D eigenvalue weighted by Gasteiger charge is 2.34. The van der Waals surface area contributed by atoms with E-state index in [2.05, 4.69) is 15.3 Å². The summed E-state index contributed by atoms with van der Waals surface area (Å²) in [5, 5.41) is 11.8. The van der Waals surface area contributed by atoms with Gasteiger partial charge in [0.1, 0.15) is 11.6 Å². The van der Waals surface area contributed by atoms with Crippen LogP contribution in [-0.4, -0.2) is 53.7 Å². The molecular formula is C12H20N4O3S. The summed E-state index contributed by atoms with van der Waals surface area (Å²) in [6, 6.07) is 1.48. The first-order valence-corrected chi connectivity index (χ1v) is 8.44. The van der Waals surface area contributed by atoms with Gasteiger partial charge in [0.15, 0.2) is 0 Å². The molecule has 0 saturated carbocycles. The number of aryl methyl sites for hydroxylation is 1. The third-order valence-corrected chi connectivity index (χ3v) is 4.51. The SMILES string of the molecule is Cc1cc(NCCO)nc([C@H]2CCCN2S(C)(=O)=O)n1. The van der Waals surface area contributed by atoms with E-state index in [0.717, 1.165) is 18.5 Å². The van der Waals surface area contributed by atoms with Crippen molar-refractivity contribution in [2.45, 2.75) is 25.8 Å². The van der Waals surface area contributed by atoms with Crippen LogP contribution in [0.5, 0.6) is 0 Å². The van der Waals surface area contributed by atoms with Gasteiger partial charge in [0, 0.05) is 24.8 Å². The molecule has 1 aliphatic rings. The van der Waals surface area contributed by atoms with E-state index in [1.165, 1.54) is 10.6 Å². The molecule has 0 spiro atoms. The number of rotatable bonds is 5. The molecule has 2 heterocycles. The molecule has 0 bridgehead atoms. The Bertz CT molecular complexity index is 576. The molecule has 1 aromatic heterocycles. The second-order valence-corrected chi connectivity index (χ2v) is 6.87. The molecule has 8 heteroatoms. The standard InChI is InChI=1S/C12H20N4O3S/c1-9-8-11(13-5-7-17)15-12(14-9)10-4-3-6-16(10)20(2,18)19/h8,10,17H,3-7H2,1-2H3,(H,13,14,15)/t10-/m1/s1. The zero-order valence-corrected chi connectivity index (χ0v) is 12.5. The topological polar surface area (TPSA) is 95.4 Å². The summed E-state index contributed by atoms with van der Waals surface area (Å²) in [6.45, 7) is 2.77. The molecule has 1 saturated heterocycles. The van der Waals surface area contributed by atoms with Gasteiger partial charge in [0.05, 0.1) is 18.9 Å². The first-order chi connectivity index (χ1) is 9.41. The van der Waals surface area contributed by atoms with Crippen molar-refractivity contribution < 1.29 is 13.5 Å². The molecule has 0 amide bonds. The van der Waals surface area contributed by atoms with Crippen molar-refractivity contribution in [1.29, 1.82) is 0 Å². The van der Waals surface area contributed by atoms with E-state index in [9.17, 15) is 8.42 Å². The molecular weight excluding hydrogens is 280 g/mol. The van der Waals surface area contributed by atoms with Gasteiger partial charge in [0.25, 0.3) is 0 Å². The van der Waals surface area contributed by atoms with Crippen LogP contribution in [0.15, 0.2) is 6.07 Å². The zero-order valence-electron chi connectivity index (χ0n) is 11.7. The van der Waals surface area contributed by atoms with Crippen LogP contribution < -0.4 is 5.32 Å². The second kappa shape index (κ2) is 6.02. The predicted octanol–water partition coefficient (Wildman–Crippen LogP) is 0.286. The molecule has 1 fully saturated rings. The Morgan fingerprint density at radius 2 is 2.25 bits per heavy atom. The largest absolute Gasteiger partial charge is 0.395 e. The Morgan fingerprint density at radius 1 is 1.50 bits per heavy atom. The van der Waals surface area contributed by atoms with Gasteiger partial charge >= 0.3 is 0 Å². The van der Waals surface area contributed by atoms with Crippen molar-refractivity contribution in [3.05, 3.63) is 17.6 Å². The summed E-state index contributed by atoms with van der Waals surface area (Å²) in [6.07, 6.45) is 2.76. The Labute approximate surface area is 119 Å². The van der Waals surface area contributed by atoms with Gasteiger partial charge in [-0.2, -0.15) is 4.31 Å². The van der Waals surface area contributed by atoms with Crippen molar-refractivity contribution in [2.75, 3.05) is 31.3 Å². The summed E-state index contributed by atoms with van der Waals surface area (Å²) < 4.78 is 25.0. The average molecular weight is 300 g/mol. The molecule has 0 unspecified atom stereocenters. The predicted molar refractivity (Wildman–Crippen MR) is 75.9 cm³/mol. The fourth-order valence-electron chi connectivity index (χ4n) is 2.41. The van der Waals surface area contributed by atoms with Crippen LogP contribution in [0.2, 0.25) is 0 Å². The fraction of sp³-hybridized carbons (Fsp3) is 0.667. The number of aromatic nitrogens is 2. The minimum Gasteiger partial charge on any atom is -0.395 e. The molecule has 7 nitrogen and oxygen atoms in total. The number of nitrogens with one attached hydrogen (secondary N) is 1. The number of aliphatic hydroxyl groups excluding tert-OH is 1. The van der Waals surface area contributed by atoms with Gasteiger partial charge in [-0.3, -0.25) is 0 Å². The quantitative estimate of drug-likeness (QED) is 0.811. The summed E-state index contributed by atoms with van der Waals surface area (Å²) in [7, 11) is -3.25. The molecule has 0 aliphatic carbocycles. The fourth-order valence-corrected chi connectivity index (χ4v) is 3.53. The van der Waals surface area contributed by atoms with E-state index in [1.54, 1.807) is 6.07 Å². The molecule has 112 valence electrons. The first kappa shape index (κ1) is 15.1. The van der Waals surface area contributed by atoms with E-state index in [-0.39, 0.29) is 12.6 Å². The number of anilines is 1. The Balaban J connectivity index is 2.29. The maximum atomic E-state index is 11.8. The van der Waals surface area contributed by atoms with Crippen LogP contribution in [0.1, 0.15) is 30.4 Å². The number of hydrogen-bond acceptors (Lipinski definition) is 6. The molecule has 0 aromatic carbocycles. The maximum absolute atomic E-state index is 11.8. The molecule has 1 aliphatic heterocycles. The highest BCUT2D eigenvalue weighted by atomic mass is 32.2. The van der Waals surface area contributed by atoms with E-state index >= 15 is 0 Å². The highest BCUT2D eigenvalue weighted by molar-refractivity contribution is 7.88. The monoisotopic (exact) mass is 300 g/mol. The van der Waals surface area contributed by atoms with Crippen molar-refractivity contribution >= 4 is 15.8 Å². The lowest BCUT2D eigenvalue weighted by molar-refractivity contribution is 0.311. The van der Waals surface area contributed by atoms with Gasteiger partial charge in [0.2, 0.25) is 10.0 Å². The number of nitrogens with zero attached hydrogens (tertiary/aromatic N) is 3. The van der Waals surface area contributed by atoms with Crippen molar-refractivity contribution in [3.8, 4) is 0 Å². The summed E-state index contributed by atoms with van der Waals surface area (Å²) in [4.78, 5) is 8.75. The van der Waals surface area contributed by atoms with Crippen LogP contribution in [0.25, 0.3) is 0 Å². The van der Waals surface area contributed by atoms with Gasteiger partial charge in [-0.05, 0) is 19.8 Å². The van der Waals surface area contributed by atoms with E-state index in [0.29, 0.717) is 24.7 Å². The second-order valence-electron chi connectivity index (χ2n) is 4.93. The number of aliphatic hydroxyl groups is 1. The highest BCUT2D eigenvalue weighted by Crippen LogP contribution is 2.32. The van der Waals surface area contributed by atoms with E-state index in [1.807, 2.05) is 6.92 Å². The normalized spacial score (nSPS) is 20.2. The molecule has 2 N–H and O–H groups in total. The maximum Gasteiger partial charge on any atom is 0.211 e. The van der Waals surface area contributed by atoms with E-state index in [4.69, 9.17) is 5.11 Å². The lowest BCUT2D eigenvalue weighted by atomic mass is 10.2. The minimum absolute atomic E-state index is 0.0112. The zero-order chi connectivity index (χ0) is 14.8. The molecule has 2 rings (SSSR count). The van der Waals surface area contributed by atoms with Crippen LogP contribution in [-0.2, 0) is 10.0 Å². The number of hydrogen-bond donors (Lipinski definition) is 2. The van der Waals surface area contributed by atoms with Gasteiger partial charge in [-0.15, -0.1) is 0 Å². The smallest absolute Gasteiger partial charge is 0.211 e. The first-order valence-electron chi connectivity index (χ1n) is 6.59. The van der Waals surface area contributed by atoms with Crippen LogP contribution >= 0.6 is 0 Å². The van der Waals surface area contributed by atoms with Crippen molar-refractivity contribution in [3.63, 3.8) is 0 Å². The average Bonchev–Trinajstić information content (AvgIpc) is 2.84. The molecule has 20 heavy (non-hydrogen) atoms. The molecule has 1 atom stereocenters. The molecule has 0 radical (unpaired) electrons. The lowest BCUT2D eigenvalue weighted by Crippen LogP contribution is -2.30. The Hall–Kier alpha value is -1.25. The number of sulfonamides is 1. The summed E-state index contributed by atoms with van der Waals surface area (Å²) in [5.74, 6) is 1.13. The van der Waals surface area contributed by atoms with Gasteiger partial charge in [-0.1, -0.05) is 0 Å². The third kappa shape index (κ3) is 3.44. The molecule has 1 aromatic rings. The summed E-state index contributed by atoms with van der Waals surface area (Å²) in [5.41, 5.74) is 0.774. The van der Waals surface area contributed by atoms with Crippen molar-refractivity contribution in [2.24, 2.45) is 0 Å². The Morgan fingerprint density at radius 3 is 2.90 bits per heavy atom. The van der Waals surface area contributed by atoms with Crippen LogP contribution in [0, 0.1) is 6.92 Å².